The number of anilines is 2. The Morgan fingerprint density at radius 3 is 2.40 bits per heavy atom. The van der Waals surface area contributed by atoms with Gasteiger partial charge in [-0.3, -0.25) is 9.59 Å². The van der Waals surface area contributed by atoms with E-state index in [-0.39, 0.29) is 17.7 Å². The van der Waals surface area contributed by atoms with Gasteiger partial charge in [-0.1, -0.05) is 17.7 Å². The number of piperazine rings is 1. The SMILES string of the molecule is Cc1ccc(Nc2nc(C(=O)N3CCC(C(=O)N4CC[NH+](C)CC4)CC3)cs2)cc1. The summed E-state index contributed by atoms with van der Waals surface area (Å²) in [5.74, 6) is 0.270. The quantitative estimate of drug-likeness (QED) is 0.773. The molecule has 0 aliphatic carbocycles. The highest BCUT2D eigenvalue weighted by atomic mass is 32.1. The first kappa shape index (κ1) is 20.8. The highest BCUT2D eigenvalue weighted by molar-refractivity contribution is 7.14. The maximum Gasteiger partial charge on any atom is 0.273 e. The fourth-order valence-electron chi connectivity index (χ4n) is 4.05. The summed E-state index contributed by atoms with van der Waals surface area (Å²) >= 11 is 1.43. The summed E-state index contributed by atoms with van der Waals surface area (Å²) < 4.78 is 0. The number of benzene rings is 1. The second-order valence-corrected chi connectivity index (χ2v) is 9.24. The van der Waals surface area contributed by atoms with E-state index in [1.165, 1.54) is 21.8 Å². The summed E-state index contributed by atoms with van der Waals surface area (Å²) in [6, 6.07) is 8.08. The Morgan fingerprint density at radius 2 is 1.73 bits per heavy atom. The zero-order valence-electron chi connectivity index (χ0n) is 17.7. The summed E-state index contributed by atoms with van der Waals surface area (Å²) in [5, 5.41) is 5.78. The Balaban J connectivity index is 1.29. The summed E-state index contributed by atoms with van der Waals surface area (Å²) in [7, 11) is 2.17. The third-order valence-corrected chi connectivity index (χ3v) is 6.84. The lowest BCUT2D eigenvalue weighted by Gasteiger charge is -2.36. The van der Waals surface area contributed by atoms with Crippen LogP contribution < -0.4 is 10.2 Å². The number of thiazole rings is 1. The highest BCUT2D eigenvalue weighted by Crippen LogP contribution is 2.25. The minimum Gasteiger partial charge on any atom is -0.337 e. The minimum atomic E-state index is -0.0442. The molecule has 2 aromatic rings. The van der Waals surface area contributed by atoms with Crippen molar-refractivity contribution in [1.82, 2.24) is 14.8 Å². The molecule has 2 fully saturated rings. The lowest BCUT2D eigenvalue weighted by Crippen LogP contribution is -3.12. The first-order valence-corrected chi connectivity index (χ1v) is 11.6. The number of nitrogens with zero attached hydrogens (tertiary/aromatic N) is 3. The predicted octanol–water partition coefficient (Wildman–Crippen LogP) is 1.40. The number of amides is 2. The summed E-state index contributed by atoms with van der Waals surface area (Å²) in [6.45, 7) is 7.02. The Hall–Kier alpha value is -2.45. The second kappa shape index (κ2) is 9.14. The van der Waals surface area contributed by atoms with E-state index in [1.54, 1.807) is 0 Å². The van der Waals surface area contributed by atoms with E-state index < -0.39 is 0 Å². The van der Waals surface area contributed by atoms with Crippen molar-refractivity contribution in [2.24, 2.45) is 5.92 Å². The van der Waals surface area contributed by atoms with Gasteiger partial charge in [0, 0.05) is 30.1 Å². The molecule has 30 heavy (non-hydrogen) atoms. The molecule has 2 aliphatic heterocycles. The van der Waals surface area contributed by atoms with Crippen LogP contribution in [-0.2, 0) is 4.79 Å². The maximum absolute atomic E-state index is 12.9. The van der Waals surface area contributed by atoms with Gasteiger partial charge in [-0.2, -0.15) is 0 Å². The number of likely N-dealkylation sites (tertiary alicyclic amines) is 1. The van der Waals surface area contributed by atoms with Crippen molar-refractivity contribution in [3.8, 4) is 0 Å². The molecular formula is C22H30N5O2S+. The molecule has 3 heterocycles. The Morgan fingerprint density at radius 1 is 1.07 bits per heavy atom. The van der Waals surface area contributed by atoms with Crippen LogP contribution in [0.4, 0.5) is 10.8 Å². The van der Waals surface area contributed by atoms with Gasteiger partial charge < -0.3 is 20.0 Å². The van der Waals surface area contributed by atoms with E-state index in [0.717, 1.165) is 44.7 Å². The Bertz CT molecular complexity index is 881. The van der Waals surface area contributed by atoms with E-state index in [2.05, 4.69) is 17.3 Å². The molecule has 2 saturated heterocycles. The molecule has 1 aromatic heterocycles. The van der Waals surface area contributed by atoms with Crippen LogP contribution >= 0.6 is 11.3 Å². The number of hydrogen-bond acceptors (Lipinski definition) is 5. The van der Waals surface area contributed by atoms with Gasteiger partial charge in [0.05, 0.1) is 33.2 Å². The minimum absolute atomic E-state index is 0.0432. The van der Waals surface area contributed by atoms with Gasteiger partial charge in [-0.15, -0.1) is 11.3 Å². The average molecular weight is 429 g/mol. The highest BCUT2D eigenvalue weighted by Gasteiger charge is 2.32. The summed E-state index contributed by atoms with van der Waals surface area (Å²) in [5.41, 5.74) is 2.63. The van der Waals surface area contributed by atoms with Gasteiger partial charge in [0.1, 0.15) is 5.69 Å². The summed E-state index contributed by atoms with van der Waals surface area (Å²) in [4.78, 5) is 35.5. The van der Waals surface area contributed by atoms with Crippen molar-refractivity contribution in [1.29, 1.82) is 0 Å². The van der Waals surface area contributed by atoms with Gasteiger partial charge in [-0.25, -0.2) is 4.98 Å². The molecule has 2 amide bonds. The first-order chi connectivity index (χ1) is 14.5. The molecule has 1 aromatic carbocycles. The Kier molecular flexibility index (Phi) is 6.34. The largest absolute Gasteiger partial charge is 0.337 e. The van der Waals surface area contributed by atoms with Gasteiger partial charge >= 0.3 is 0 Å². The molecule has 0 unspecified atom stereocenters. The zero-order valence-corrected chi connectivity index (χ0v) is 18.5. The summed E-state index contributed by atoms with van der Waals surface area (Å²) in [6.07, 6.45) is 1.48. The molecule has 7 nitrogen and oxygen atoms in total. The molecule has 0 atom stereocenters. The number of likely N-dealkylation sites (N-methyl/N-ethyl adjacent to an activating group) is 1. The molecule has 0 radical (unpaired) electrons. The fourth-order valence-corrected chi connectivity index (χ4v) is 4.75. The van der Waals surface area contributed by atoms with Crippen LogP contribution in [-0.4, -0.2) is 72.9 Å². The van der Waals surface area contributed by atoms with Crippen LogP contribution in [0.5, 0.6) is 0 Å². The molecule has 4 rings (SSSR count). The van der Waals surface area contributed by atoms with Gasteiger partial charge in [0.25, 0.3) is 5.91 Å². The molecule has 2 aliphatic rings. The predicted molar refractivity (Wildman–Crippen MR) is 118 cm³/mol. The zero-order chi connectivity index (χ0) is 21.1. The van der Waals surface area contributed by atoms with E-state index in [9.17, 15) is 9.59 Å². The smallest absolute Gasteiger partial charge is 0.273 e. The van der Waals surface area contributed by atoms with Gasteiger partial charge in [0.2, 0.25) is 5.91 Å². The van der Waals surface area contributed by atoms with Crippen molar-refractivity contribution < 1.29 is 14.5 Å². The number of hydrogen-bond donors (Lipinski definition) is 2. The van der Waals surface area contributed by atoms with E-state index in [0.29, 0.717) is 23.9 Å². The third kappa shape index (κ3) is 4.82. The van der Waals surface area contributed by atoms with Crippen molar-refractivity contribution in [3.63, 3.8) is 0 Å². The monoisotopic (exact) mass is 428 g/mol. The number of carbonyl (C=O) groups is 2. The van der Waals surface area contributed by atoms with E-state index in [4.69, 9.17) is 0 Å². The van der Waals surface area contributed by atoms with Crippen molar-refractivity contribution in [2.45, 2.75) is 19.8 Å². The maximum atomic E-state index is 12.9. The Labute approximate surface area is 181 Å². The van der Waals surface area contributed by atoms with Crippen molar-refractivity contribution in [3.05, 3.63) is 40.9 Å². The lowest BCUT2D eigenvalue weighted by atomic mass is 9.94. The van der Waals surface area contributed by atoms with E-state index >= 15 is 0 Å². The molecule has 0 bridgehead atoms. The second-order valence-electron chi connectivity index (χ2n) is 8.38. The van der Waals surface area contributed by atoms with Gasteiger partial charge in [-0.05, 0) is 31.9 Å². The van der Waals surface area contributed by atoms with E-state index in [1.807, 2.05) is 46.4 Å². The number of quaternary nitrogens is 1. The van der Waals surface area contributed by atoms with Crippen LogP contribution in [0.2, 0.25) is 0 Å². The van der Waals surface area contributed by atoms with Crippen LogP contribution in [0.25, 0.3) is 0 Å². The first-order valence-electron chi connectivity index (χ1n) is 10.7. The van der Waals surface area contributed by atoms with Crippen LogP contribution in [0.15, 0.2) is 29.6 Å². The molecule has 0 saturated carbocycles. The normalized spacial score (nSPS) is 18.5. The standard InChI is InChI=1S/C22H29N5O2S/c1-16-3-5-18(6-4-16)23-22-24-19(15-30-22)21(29)26-9-7-17(8-10-26)20(28)27-13-11-25(2)12-14-27/h3-6,15,17H,7-14H2,1-2H3,(H,23,24)/p+1. The van der Waals surface area contributed by atoms with Gasteiger partial charge in [0.15, 0.2) is 5.13 Å². The molecule has 8 heteroatoms. The van der Waals surface area contributed by atoms with Crippen molar-refractivity contribution in [2.75, 3.05) is 51.6 Å². The van der Waals surface area contributed by atoms with Crippen LogP contribution in [0, 0.1) is 12.8 Å². The average Bonchev–Trinajstić information content (AvgIpc) is 3.23. The molecule has 160 valence electrons. The van der Waals surface area contributed by atoms with Crippen LogP contribution in [0.1, 0.15) is 28.9 Å². The topological polar surface area (TPSA) is 70.0 Å². The molecular weight excluding hydrogens is 398 g/mol. The number of carbonyl (C=O) groups excluding carboxylic acids is 2. The fraction of sp³-hybridized carbons (Fsp3) is 0.500. The van der Waals surface area contributed by atoms with Crippen molar-refractivity contribution >= 4 is 34.0 Å². The third-order valence-electron chi connectivity index (χ3n) is 6.09. The lowest BCUT2D eigenvalue weighted by molar-refractivity contribution is -0.883. The number of aryl methyl sites for hydroxylation is 1. The molecule has 2 N–H and O–H groups in total. The number of aromatic nitrogens is 1. The van der Waals surface area contributed by atoms with Crippen LogP contribution in [0.3, 0.4) is 0 Å². The molecule has 0 spiro atoms. The number of nitrogens with one attached hydrogen (secondary N) is 2. The number of piperidine rings is 1. The number of rotatable bonds is 4.